The summed E-state index contributed by atoms with van der Waals surface area (Å²) in [7, 11) is 4.19. The molecule has 0 saturated carbocycles. The van der Waals surface area contributed by atoms with E-state index in [0.29, 0.717) is 0 Å². The topological polar surface area (TPSA) is 15.3 Å². The summed E-state index contributed by atoms with van der Waals surface area (Å²) in [6.45, 7) is 12.7. The van der Waals surface area contributed by atoms with Crippen molar-refractivity contribution in [3.05, 3.63) is 0 Å². The van der Waals surface area contributed by atoms with Gasteiger partial charge in [-0.05, 0) is 34.5 Å². The van der Waals surface area contributed by atoms with Crippen LogP contribution in [0.25, 0.3) is 0 Å². The van der Waals surface area contributed by atoms with Crippen molar-refractivity contribution in [1.29, 1.82) is 0 Å². The molecule has 76 valence electrons. The molecule has 0 atom stereocenters. The Hall–Kier alpha value is -0.0800. The number of likely N-dealkylation sites (N-methyl/N-ethyl adjacent to an activating group) is 2. The molecule has 0 fully saturated rings. The van der Waals surface area contributed by atoms with Crippen LogP contribution in [-0.4, -0.2) is 37.6 Å². The summed E-state index contributed by atoms with van der Waals surface area (Å²) < 4.78 is 0. The van der Waals surface area contributed by atoms with E-state index in [0.717, 1.165) is 13.1 Å². The van der Waals surface area contributed by atoms with Crippen LogP contribution in [0, 0.1) is 0 Å². The van der Waals surface area contributed by atoms with Gasteiger partial charge >= 0.3 is 0 Å². The van der Waals surface area contributed by atoms with Gasteiger partial charge in [-0.3, -0.25) is 0 Å². The molecule has 0 amide bonds. The van der Waals surface area contributed by atoms with Crippen molar-refractivity contribution in [1.82, 2.24) is 10.2 Å². The van der Waals surface area contributed by atoms with Crippen LogP contribution >= 0.6 is 0 Å². The molecule has 0 aromatic carbocycles. The molecule has 0 spiro atoms. The molecule has 2 nitrogen and oxygen atoms in total. The van der Waals surface area contributed by atoms with E-state index in [2.05, 4.69) is 45.1 Å². The normalized spacial score (nSPS) is 11.0. The number of rotatable bonds is 4. The Morgan fingerprint density at radius 2 is 1.58 bits per heavy atom. The first-order valence-electron chi connectivity index (χ1n) is 4.87. The van der Waals surface area contributed by atoms with E-state index in [-0.39, 0.29) is 5.54 Å². The highest BCUT2D eigenvalue weighted by Gasteiger charge is 2.15. The van der Waals surface area contributed by atoms with E-state index in [9.17, 15) is 0 Å². The molecular formula is C10H26N2. The van der Waals surface area contributed by atoms with Gasteiger partial charge in [-0.1, -0.05) is 20.8 Å². The minimum atomic E-state index is 0.248. The predicted molar refractivity (Wildman–Crippen MR) is 57.7 cm³/mol. The molecule has 0 rings (SSSR count). The fraction of sp³-hybridized carbons (Fsp3) is 1.00. The SMILES string of the molecule is CC.CCNC(C)(C)CN(C)C. The molecule has 0 unspecified atom stereocenters. The van der Waals surface area contributed by atoms with Crippen molar-refractivity contribution in [2.75, 3.05) is 27.2 Å². The fourth-order valence-electron chi connectivity index (χ4n) is 1.33. The third kappa shape index (κ3) is 9.92. The molecule has 2 heteroatoms. The van der Waals surface area contributed by atoms with Gasteiger partial charge in [0.05, 0.1) is 0 Å². The predicted octanol–water partition coefficient (Wildman–Crippen LogP) is 1.96. The third-order valence-electron chi connectivity index (χ3n) is 1.37. The Morgan fingerprint density at radius 3 is 1.83 bits per heavy atom. The second kappa shape index (κ2) is 7.56. The summed E-state index contributed by atoms with van der Waals surface area (Å²) >= 11 is 0. The quantitative estimate of drug-likeness (QED) is 0.701. The van der Waals surface area contributed by atoms with Gasteiger partial charge in [-0.2, -0.15) is 0 Å². The van der Waals surface area contributed by atoms with Gasteiger partial charge in [-0.15, -0.1) is 0 Å². The summed E-state index contributed by atoms with van der Waals surface area (Å²) in [5.41, 5.74) is 0.248. The molecule has 0 aromatic heterocycles. The highest BCUT2D eigenvalue weighted by atomic mass is 15.1. The Balaban J connectivity index is 0. The fourth-order valence-corrected chi connectivity index (χ4v) is 1.33. The van der Waals surface area contributed by atoms with Gasteiger partial charge in [0.1, 0.15) is 0 Å². The first-order valence-corrected chi connectivity index (χ1v) is 4.87. The van der Waals surface area contributed by atoms with Gasteiger partial charge in [0, 0.05) is 12.1 Å². The van der Waals surface area contributed by atoms with Gasteiger partial charge in [0.25, 0.3) is 0 Å². The van der Waals surface area contributed by atoms with Crippen LogP contribution < -0.4 is 5.32 Å². The average molecular weight is 174 g/mol. The Kier molecular flexibility index (Phi) is 9.10. The summed E-state index contributed by atoms with van der Waals surface area (Å²) in [5, 5.41) is 3.41. The molecule has 0 radical (unpaired) electrons. The van der Waals surface area contributed by atoms with Crippen LogP contribution in [0.4, 0.5) is 0 Å². The second-order valence-corrected chi connectivity index (χ2v) is 3.65. The number of nitrogens with zero attached hydrogens (tertiary/aromatic N) is 1. The molecule has 0 aliphatic rings. The highest BCUT2D eigenvalue weighted by molar-refractivity contribution is 4.78. The van der Waals surface area contributed by atoms with E-state index in [4.69, 9.17) is 0 Å². The lowest BCUT2D eigenvalue weighted by Gasteiger charge is -2.28. The number of nitrogens with one attached hydrogen (secondary N) is 1. The van der Waals surface area contributed by atoms with E-state index in [1.807, 2.05) is 13.8 Å². The molecule has 0 aromatic rings. The first-order chi connectivity index (χ1) is 5.48. The zero-order valence-corrected chi connectivity index (χ0v) is 9.86. The summed E-state index contributed by atoms with van der Waals surface area (Å²) in [4.78, 5) is 2.20. The first kappa shape index (κ1) is 14.4. The minimum Gasteiger partial charge on any atom is -0.311 e. The van der Waals surface area contributed by atoms with Crippen molar-refractivity contribution in [3.8, 4) is 0 Å². The molecule has 0 saturated heterocycles. The monoisotopic (exact) mass is 174 g/mol. The van der Waals surface area contributed by atoms with Gasteiger partial charge < -0.3 is 10.2 Å². The molecule has 0 bridgehead atoms. The maximum atomic E-state index is 3.41. The second-order valence-electron chi connectivity index (χ2n) is 3.65. The molecular weight excluding hydrogens is 148 g/mol. The van der Waals surface area contributed by atoms with Gasteiger partial charge in [-0.25, -0.2) is 0 Å². The van der Waals surface area contributed by atoms with Gasteiger partial charge in [0.15, 0.2) is 0 Å². The van der Waals surface area contributed by atoms with E-state index in [1.165, 1.54) is 0 Å². The zero-order chi connectivity index (χ0) is 10.2. The van der Waals surface area contributed by atoms with Crippen molar-refractivity contribution < 1.29 is 0 Å². The lowest BCUT2D eigenvalue weighted by Crippen LogP contribution is -2.47. The van der Waals surface area contributed by atoms with Crippen LogP contribution in [0.15, 0.2) is 0 Å². The van der Waals surface area contributed by atoms with Crippen LogP contribution in [0.3, 0.4) is 0 Å². The minimum absolute atomic E-state index is 0.248. The van der Waals surface area contributed by atoms with Crippen molar-refractivity contribution >= 4 is 0 Å². The Bertz CT molecular complexity index is 87.8. The molecule has 0 aliphatic heterocycles. The largest absolute Gasteiger partial charge is 0.311 e. The zero-order valence-electron chi connectivity index (χ0n) is 9.86. The van der Waals surface area contributed by atoms with E-state index >= 15 is 0 Å². The highest BCUT2D eigenvalue weighted by Crippen LogP contribution is 2.01. The van der Waals surface area contributed by atoms with Crippen molar-refractivity contribution in [3.63, 3.8) is 0 Å². The van der Waals surface area contributed by atoms with E-state index in [1.54, 1.807) is 0 Å². The average Bonchev–Trinajstić information content (AvgIpc) is 1.88. The molecule has 12 heavy (non-hydrogen) atoms. The Labute approximate surface area is 78.3 Å². The molecule has 0 aliphatic carbocycles. The maximum Gasteiger partial charge on any atom is 0.0251 e. The van der Waals surface area contributed by atoms with Crippen LogP contribution in [0.5, 0.6) is 0 Å². The third-order valence-corrected chi connectivity index (χ3v) is 1.37. The number of hydrogen-bond acceptors (Lipinski definition) is 2. The standard InChI is InChI=1S/C8H20N2.C2H6/c1-6-9-8(2,3)7-10(4)5;1-2/h9H,6-7H2,1-5H3;1-2H3. The van der Waals surface area contributed by atoms with Crippen molar-refractivity contribution in [2.45, 2.75) is 40.2 Å². The molecule has 0 heterocycles. The smallest absolute Gasteiger partial charge is 0.0251 e. The lowest BCUT2D eigenvalue weighted by molar-refractivity contribution is 0.272. The van der Waals surface area contributed by atoms with E-state index < -0.39 is 0 Å². The van der Waals surface area contributed by atoms with Crippen LogP contribution in [0.1, 0.15) is 34.6 Å². The number of hydrogen-bond donors (Lipinski definition) is 1. The Morgan fingerprint density at radius 1 is 1.17 bits per heavy atom. The van der Waals surface area contributed by atoms with Crippen LogP contribution in [-0.2, 0) is 0 Å². The van der Waals surface area contributed by atoms with Crippen LogP contribution in [0.2, 0.25) is 0 Å². The summed E-state index contributed by atoms with van der Waals surface area (Å²) in [6, 6.07) is 0. The van der Waals surface area contributed by atoms with Gasteiger partial charge in [0.2, 0.25) is 0 Å². The van der Waals surface area contributed by atoms with Crippen molar-refractivity contribution in [2.24, 2.45) is 0 Å². The summed E-state index contributed by atoms with van der Waals surface area (Å²) in [5.74, 6) is 0. The lowest BCUT2D eigenvalue weighted by atomic mass is 10.1. The molecule has 1 N–H and O–H groups in total. The summed E-state index contributed by atoms with van der Waals surface area (Å²) in [6.07, 6.45) is 0. The maximum absolute atomic E-state index is 3.41.